The smallest absolute Gasteiger partial charge is 0.341 e. The van der Waals surface area contributed by atoms with Gasteiger partial charge in [-0.1, -0.05) is 31.2 Å². The van der Waals surface area contributed by atoms with Crippen LogP contribution in [0.5, 0.6) is 0 Å². The molecule has 0 aliphatic heterocycles. The fraction of sp³-hybridized carbons (Fsp3) is 0.409. The maximum absolute atomic E-state index is 13.9. The van der Waals surface area contributed by atoms with Gasteiger partial charge in [0.1, 0.15) is 17.2 Å². The van der Waals surface area contributed by atoms with E-state index in [1.165, 1.54) is 31.2 Å². The van der Waals surface area contributed by atoms with Gasteiger partial charge < -0.3 is 5.11 Å². The van der Waals surface area contributed by atoms with E-state index in [-0.39, 0.29) is 0 Å². The first-order valence-electron chi connectivity index (χ1n) is 9.25. The maximum atomic E-state index is 13.9. The van der Waals surface area contributed by atoms with Gasteiger partial charge in [0.2, 0.25) is 0 Å². The van der Waals surface area contributed by atoms with Gasteiger partial charge in [0.25, 0.3) is 0 Å². The second-order valence-corrected chi connectivity index (χ2v) is 8.01. The Morgan fingerprint density at radius 3 is 1.96 bits per heavy atom. The van der Waals surface area contributed by atoms with E-state index >= 15 is 0 Å². The number of halogens is 2. The molecule has 0 bridgehead atoms. The number of carbonyl (C=O) groups is 1. The van der Waals surface area contributed by atoms with Crippen molar-refractivity contribution in [3.8, 4) is 11.1 Å². The normalized spacial score (nSPS) is 27.5. The Labute approximate surface area is 151 Å². The number of carboxylic acid groups (broad SMARTS) is 1. The average Bonchev–Trinajstić information content (AvgIpc) is 3.11. The molecule has 0 amide bonds. The molecule has 26 heavy (non-hydrogen) atoms. The number of carboxylic acids is 1. The summed E-state index contributed by atoms with van der Waals surface area (Å²) in [5.41, 5.74) is 1.43. The first kappa shape index (κ1) is 17.2. The largest absolute Gasteiger partial charge is 0.477 e. The number of rotatable bonds is 3. The van der Waals surface area contributed by atoms with Gasteiger partial charge in [-0.2, -0.15) is 0 Å². The molecule has 0 spiro atoms. The monoisotopic (exact) mass is 356 g/mol. The van der Waals surface area contributed by atoms with Gasteiger partial charge in [0.05, 0.1) is 0 Å². The van der Waals surface area contributed by atoms with Crippen LogP contribution in [0.3, 0.4) is 0 Å². The fourth-order valence-corrected chi connectivity index (χ4v) is 5.08. The van der Waals surface area contributed by atoms with E-state index in [4.69, 9.17) is 5.11 Å². The van der Waals surface area contributed by atoms with Crippen LogP contribution in [0.25, 0.3) is 11.1 Å². The van der Waals surface area contributed by atoms with Crippen molar-refractivity contribution in [1.82, 2.24) is 0 Å². The van der Waals surface area contributed by atoms with Crippen molar-refractivity contribution in [3.05, 3.63) is 59.2 Å². The molecule has 2 atom stereocenters. The lowest BCUT2D eigenvalue weighted by Gasteiger charge is -2.14. The SMILES string of the molecule is CC1CC2CC(c3ccc(-c4cc(F)c(C(=O)O)c(F)c4)cc3)CC2C1. The fourth-order valence-electron chi connectivity index (χ4n) is 5.08. The summed E-state index contributed by atoms with van der Waals surface area (Å²) < 4.78 is 27.8. The number of hydrogen-bond donors (Lipinski definition) is 1. The van der Waals surface area contributed by atoms with Crippen LogP contribution in [0.2, 0.25) is 0 Å². The van der Waals surface area contributed by atoms with Crippen LogP contribution in [0.15, 0.2) is 36.4 Å². The maximum Gasteiger partial charge on any atom is 0.341 e. The summed E-state index contributed by atoms with van der Waals surface area (Å²) in [4.78, 5) is 10.9. The third kappa shape index (κ3) is 3.02. The Balaban J connectivity index is 1.55. The van der Waals surface area contributed by atoms with Gasteiger partial charge in [-0.05, 0) is 78.2 Å². The van der Waals surface area contributed by atoms with Crippen LogP contribution >= 0.6 is 0 Å². The molecule has 2 nitrogen and oxygen atoms in total. The zero-order chi connectivity index (χ0) is 18.4. The second-order valence-electron chi connectivity index (χ2n) is 8.01. The molecular formula is C22H22F2O2. The Bertz CT molecular complexity index is 807. The molecule has 2 aromatic rings. The lowest BCUT2D eigenvalue weighted by molar-refractivity contribution is 0.0686. The summed E-state index contributed by atoms with van der Waals surface area (Å²) in [6.45, 7) is 2.34. The predicted molar refractivity (Wildman–Crippen MR) is 96.1 cm³/mol. The van der Waals surface area contributed by atoms with E-state index in [0.29, 0.717) is 17.0 Å². The molecule has 2 aliphatic carbocycles. The molecule has 2 saturated carbocycles. The van der Waals surface area contributed by atoms with Gasteiger partial charge in [0.15, 0.2) is 0 Å². The zero-order valence-corrected chi connectivity index (χ0v) is 14.7. The van der Waals surface area contributed by atoms with Crippen molar-refractivity contribution in [2.75, 3.05) is 0 Å². The molecule has 4 heteroatoms. The Hall–Kier alpha value is -2.23. The van der Waals surface area contributed by atoms with Crippen molar-refractivity contribution in [3.63, 3.8) is 0 Å². The van der Waals surface area contributed by atoms with Gasteiger partial charge in [-0.3, -0.25) is 0 Å². The molecule has 2 aliphatic rings. The first-order chi connectivity index (χ1) is 12.4. The standard InChI is InChI=1S/C22H22F2O2/c1-12-6-15-8-17(9-16(15)7-12)13-2-4-14(5-3-13)18-10-19(23)21(22(25)26)20(24)11-18/h2-5,10-12,15-17H,6-9H2,1H3,(H,25,26). The number of fused-ring (bicyclic) bond motifs is 1. The highest BCUT2D eigenvalue weighted by molar-refractivity contribution is 5.89. The lowest BCUT2D eigenvalue weighted by atomic mass is 9.91. The highest BCUT2D eigenvalue weighted by Gasteiger charge is 2.40. The Morgan fingerprint density at radius 2 is 1.46 bits per heavy atom. The van der Waals surface area contributed by atoms with E-state index in [1.807, 2.05) is 24.3 Å². The van der Waals surface area contributed by atoms with Crippen LogP contribution in [-0.4, -0.2) is 11.1 Å². The van der Waals surface area contributed by atoms with Crippen LogP contribution < -0.4 is 0 Å². The highest BCUT2D eigenvalue weighted by Crippen LogP contribution is 2.52. The van der Waals surface area contributed by atoms with Crippen molar-refractivity contribution in [2.24, 2.45) is 17.8 Å². The molecule has 0 saturated heterocycles. The van der Waals surface area contributed by atoms with Gasteiger partial charge in [0, 0.05) is 0 Å². The highest BCUT2D eigenvalue weighted by atomic mass is 19.1. The van der Waals surface area contributed by atoms with Crippen LogP contribution in [0.4, 0.5) is 8.78 Å². The van der Waals surface area contributed by atoms with Crippen LogP contribution in [-0.2, 0) is 0 Å². The molecule has 4 rings (SSSR count). The number of hydrogen-bond acceptors (Lipinski definition) is 1. The number of benzene rings is 2. The third-order valence-corrected chi connectivity index (χ3v) is 6.22. The van der Waals surface area contributed by atoms with Crippen LogP contribution in [0, 0.1) is 29.4 Å². The molecule has 136 valence electrons. The first-order valence-corrected chi connectivity index (χ1v) is 9.25. The van der Waals surface area contributed by atoms with E-state index in [9.17, 15) is 13.6 Å². The zero-order valence-electron chi connectivity index (χ0n) is 14.7. The minimum absolute atomic E-state index is 0.355. The minimum Gasteiger partial charge on any atom is -0.477 e. The predicted octanol–water partition coefficient (Wildman–Crippen LogP) is 5.87. The summed E-state index contributed by atoms with van der Waals surface area (Å²) in [5, 5.41) is 8.87. The molecular weight excluding hydrogens is 334 g/mol. The van der Waals surface area contributed by atoms with E-state index in [0.717, 1.165) is 29.9 Å². The Morgan fingerprint density at radius 1 is 0.923 bits per heavy atom. The van der Waals surface area contributed by atoms with Crippen molar-refractivity contribution < 1.29 is 18.7 Å². The Kier molecular flexibility index (Phi) is 4.29. The second kappa shape index (κ2) is 6.49. The molecule has 2 aromatic carbocycles. The van der Waals surface area contributed by atoms with Crippen molar-refractivity contribution in [2.45, 2.75) is 38.5 Å². The van der Waals surface area contributed by atoms with E-state index in [1.54, 1.807) is 0 Å². The van der Waals surface area contributed by atoms with Gasteiger partial charge >= 0.3 is 5.97 Å². The third-order valence-electron chi connectivity index (χ3n) is 6.22. The molecule has 0 radical (unpaired) electrons. The molecule has 0 aromatic heterocycles. The summed E-state index contributed by atoms with van der Waals surface area (Å²) >= 11 is 0. The summed E-state index contributed by atoms with van der Waals surface area (Å²) in [7, 11) is 0. The molecule has 0 heterocycles. The van der Waals surface area contributed by atoms with E-state index in [2.05, 4.69) is 6.92 Å². The van der Waals surface area contributed by atoms with Gasteiger partial charge in [-0.25, -0.2) is 13.6 Å². The summed E-state index contributed by atoms with van der Waals surface area (Å²) in [6.07, 6.45) is 5.16. The van der Waals surface area contributed by atoms with Gasteiger partial charge in [-0.15, -0.1) is 0 Å². The summed E-state index contributed by atoms with van der Waals surface area (Å²) in [5.74, 6) is -0.559. The quantitative estimate of drug-likeness (QED) is 0.747. The summed E-state index contributed by atoms with van der Waals surface area (Å²) in [6, 6.07) is 10.0. The molecule has 2 unspecified atom stereocenters. The topological polar surface area (TPSA) is 37.3 Å². The minimum atomic E-state index is -1.59. The average molecular weight is 356 g/mol. The lowest BCUT2D eigenvalue weighted by Crippen LogP contribution is -2.04. The van der Waals surface area contributed by atoms with Crippen LogP contribution in [0.1, 0.15) is 54.4 Å². The van der Waals surface area contributed by atoms with Crippen molar-refractivity contribution in [1.29, 1.82) is 0 Å². The van der Waals surface area contributed by atoms with E-state index < -0.39 is 23.2 Å². The number of aromatic carboxylic acids is 1. The molecule has 1 N–H and O–H groups in total. The molecule has 2 fully saturated rings. The van der Waals surface area contributed by atoms with Crippen molar-refractivity contribution >= 4 is 5.97 Å².